The summed E-state index contributed by atoms with van der Waals surface area (Å²) in [5.41, 5.74) is 31.7. The number of hydrogen-bond acceptors (Lipinski definition) is 5. The molecular formula is C96H63BN4O2. The lowest BCUT2D eigenvalue weighted by Crippen LogP contribution is -2.61. The second-order valence-corrected chi connectivity index (χ2v) is 28.0. The van der Waals surface area contributed by atoms with E-state index in [2.05, 4.69) is 333 Å². The summed E-state index contributed by atoms with van der Waals surface area (Å²) in [6, 6.07) is 121. The summed E-state index contributed by atoms with van der Waals surface area (Å²) < 4.78 is 13.9. The summed E-state index contributed by atoms with van der Waals surface area (Å²) in [6.45, 7) is 14.7. The van der Waals surface area contributed by atoms with Gasteiger partial charge >= 0.3 is 0 Å². The highest BCUT2D eigenvalue weighted by molar-refractivity contribution is 7.00. The van der Waals surface area contributed by atoms with E-state index < -0.39 is 6.71 Å². The first-order valence-electron chi connectivity index (χ1n) is 35.1. The van der Waals surface area contributed by atoms with Crippen molar-refractivity contribution in [3.05, 3.63) is 350 Å². The maximum atomic E-state index is 10.2. The Bertz CT molecular complexity index is 5860. The molecule has 103 heavy (non-hydrogen) atoms. The van der Waals surface area contributed by atoms with Crippen LogP contribution in [0.2, 0.25) is 0 Å². The lowest BCUT2D eigenvalue weighted by Gasteiger charge is -2.46. The third-order valence-corrected chi connectivity index (χ3v) is 21.0. The number of benzene rings is 15. The molecule has 0 saturated heterocycles. The lowest BCUT2D eigenvalue weighted by atomic mass is 9.33. The molecule has 15 aromatic carbocycles. The van der Waals surface area contributed by atoms with Gasteiger partial charge in [-0.25, -0.2) is 4.85 Å². The molecule has 0 N–H and O–H groups in total. The topological polar surface area (TPSA) is 60.9 Å². The molecule has 2 aliphatic rings. The lowest BCUT2D eigenvalue weighted by molar-refractivity contribution is 0.590. The molecular weight excluding hydrogens is 1250 g/mol. The standard InChI is InChI=1S/C96H63BN4O2/c1-96(2,3)71-56-87-91-88(57-71)101(93-79(65-33-19-9-20-34-65)52-70(62-27-13-6-14-28-62)53-80(93)66-35-21-10-22-36-66)86-46-43-68(74-38-24-40-76-82-58-72(99-4)44-48-90(82)103-95(74)76)55-84(86)97(91)83-54-67(73-37-23-39-75-81-49-60(59-98)41-47-89(81)102-94(73)75)42-45-85(83)100(87)92-77(63-29-15-7-16-30-63)50-69(61-25-11-5-12-26-61)51-78(92)64-31-17-8-18-32-64/h5-58H,1-3H3. The molecule has 17 aromatic rings. The minimum Gasteiger partial charge on any atom is -0.456 e. The van der Waals surface area contributed by atoms with Crippen LogP contribution < -0.4 is 26.2 Å². The molecule has 0 amide bonds. The predicted molar refractivity (Wildman–Crippen MR) is 428 cm³/mol. The summed E-state index contributed by atoms with van der Waals surface area (Å²) >= 11 is 0. The Kier molecular flexibility index (Phi) is 14.2. The molecule has 0 atom stereocenters. The molecule has 2 aromatic heterocycles. The van der Waals surface area contributed by atoms with E-state index in [0.717, 1.165) is 183 Å². The monoisotopic (exact) mass is 1310 g/mol. The van der Waals surface area contributed by atoms with E-state index in [1.165, 1.54) is 5.56 Å². The maximum Gasteiger partial charge on any atom is 0.252 e. The van der Waals surface area contributed by atoms with Gasteiger partial charge in [0.05, 0.1) is 29.6 Å². The zero-order valence-electron chi connectivity index (χ0n) is 56.9. The summed E-state index contributed by atoms with van der Waals surface area (Å²) in [6.07, 6.45) is 0. The number of rotatable bonds is 10. The van der Waals surface area contributed by atoms with Crippen LogP contribution in [0.25, 0.3) is 138 Å². The number of furan rings is 2. The second kappa shape index (κ2) is 24.2. The Hall–Kier alpha value is -13.5. The van der Waals surface area contributed by atoms with Crippen molar-refractivity contribution < 1.29 is 8.83 Å². The fourth-order valence-electron chi connectivity index (χ4n) is 16.1. The molecule has 6 nitrogen and oxygen atoms in total. The molecule has 0 aliphatic carbocycles. The van der Waals surface area contributed by atoms with Crippen LogP contribution in [0.3, 0.4) is 0 Å². The van der Waals surface area contributed by atoms with Crippen LogP contribution >= 0.6 is 0 Å². The zero-order chi connectivity index (χ0) is 69.0. The van der Waals surface area contributed by atoms with Crippen molar-refractivity contribution in [2.75, 3.05) is 9.80 Å². The van der Waals surface area contributed by atoms with E-state index in [4.69, 9.17) is 15.4 Å². The van der Waals surface area contributed by atoms with E-state index in [1.54, 1.807) is 0 Å². The first kappa shape index (κ1) is 60.7. The van der Waals surface area contributed by atoms with Gasteiger partial charge in [0.2, 0.25) is 0 Å². The SMILES string of the molecule is [C-]#[N+]c1ccc2oc3c(-c4ccc5c(c4)B4c6cc(-c7cccc8c7oc7ccc(C#N)cc78)ccc6N(c6c(-c7ccccc7)cc(-c7ccccc7)cc6-c6ccccc6)c6cc(C(C)(C)C)cc(c64)N5c4c(-c5ccccc5)cc(-c5ccccc5)cc4-c4ccccc4)cccc3c2c1. The minimum atomic E-state index is -0.395. The van der Waals surface area contributed by atoms with Crippen molar-refractivity contribution in [1.82, 2.24) is 0 Å². The van der Waals surface area contributed by atoms with Gasteiger partial charge in [-0.15, -0.1) is 0 Å². The van der Waals surface area contributed by atoms with Crippen molar-refractivity contribution in [3.63, 3.8) is 0 Å². The van der Waals surface area contributed by atoms with Gasteiger partial charge in [-0.1, -0.05) is 269 Å². The molecule has 0 saturated carbocycles. The highest BCUT2D eigenvalue weighted by Crippen LogP contribution is 2.56. The molecule has 0 spiro atoms. The summed E-state index contributed by atoms with van der Waals surface area (Å²) in [7, 11) is 0. The molecule has 0 radical (unpaired) electrons. The van der Waals surface area contributed by atoms with Crippen LogP contribution in [0, 0.1) is 17.9 Å². The van der Waals surface area contributed by atoms with E-state index in [0.29, 0.717) is 11.3 Å². The molecule has 2 aliphatic heterocycles. The van der Waals surface area contributed by atoms with E-state index in [1.807, 2.05) is 36.4 Å². The highest BCUT2D eigenvalue weighted by Gasteiger charge is 2.46. The van der Waals surface area contributed by atoms with Crippen LogP contribution in [-0.4, -0.2) is 6.71 Å². The Labute approximate surface area is 598 Å². The predicted octanol–water partition coefficient (Wildman–Crippen LogP) is 24.6. The number of anilines is 6. The van der Waals surface area contributed by atoms with Crippen LogP contribution in [0.1, 0.15) is 31.9 Å². The quantitative estimate of drug-likeness (QED) is 0.101. The fourth-order valence-corrected chi connectivity index (χ4v) is 16.1. The first-order valence-corrected chi connectivity index (χ1v) is 35.1. The minimum absolute atomic E-state index is 0.365. The molecule has 4 heterocycles. The van der Waals surface area contributed by atoms with Crippen LogP contribution in [-0.2, 0) is 5.41 Å². The van der Waals surface area contributed by atoms with Gasteiger partial charge in [0.15, 0.2) is 5.69 Å². The normalized spacial score (nSPS) is 12.3. The van der Waals surface area contributed by atoms with Gasteiger partial charge < -0.3 is 18.6 Å². The van der Waals surface area contributed by atoms with Gasteiger partial charge in [0, 0.05) is 77.7 Å². The number of hydrogen-bond donors (Lipinski definition) is 0. The van der Waals surface area contributed by atoms with Crippen LogP contribution in [0.15, 0.2) is 336 Å². The Morgan fingerprint density at radius 3 is 1.12 bits per heavy atom. The third kappa shape index (κ3) is 10.1. The van der Waals surface area contributed by atoms with Crippen molar-refractivity contribution in [2.45, 2.75) is 26.2 Å². The molecule has 0 fully saturated rings. The summed E-state index contributed by atoms with van der Waals surface area (Å²) in [4.78, 5) is 9.10. The van der Waals surface area contributed by atoms with Crippen LogP contribution in [0.5, 0.6) is 0 Å². The summed E-state index contributed by atoms with van der Waals surface area (Å²) in [5.74, 6) is 0. The van der Waals surface area contributed by atoms with Crippen molar-refractivity contribution >= 4 is 107 Å². The van der Waals surface area contributed by atoms with E-state index in [9.17, 15) is 5.26 Å². The van der Waals surface area contributed by atoms with Gasteiger partial charge in [0.1, 0.15) is 22.3 Å². The smallest absolute Gasteiger partial charge is 0.252 e. The third-order valence-electron chi connectivity index (χ3n) is 21.0. The largest absolute Gasteiger partial charge is 0.456 e. The molecule has 0 unspecified atom stereocenters. The molecule has 19 rings (SSSR count). The molecule has 482 valence electrons. The Morgan fingerprint density at radius 1 is 0.340 bits per heavy atom. The molecule has 7 heteroatoms. The average Bonchev–Trinajstić information content (AvgIpc) is 1.10. The molecule has 0 bridgehead atoms. The summed E-state index contributed by atoms with van der Waals surface area (Å²) in [5, 5.41) is 13.9. The Morgan fingerprint density at radius 2 is 0.728 bits per heavy atom. The number of para-hydroxylation sites is 2. The van der Waals surface area contributed by atoms with Crippen LogP contribution in [0.4, 0.5) is 39.8 Å². The maximum absolute atomic E-state index is 10.2. The van der Waals surface area contributed by atoms with Crippen molar-refractivity contribution in [3.8, 4) is 95.1 Å². The fraction of sp³-hybridized carbons (Fsp3) is 0.0417. The van der Waals surface area contributed by atoms with Crippen molar-refractivity contribution in [1.29, 1.82) is 5.26 Å². The second-order valence-electron chi connectivity index (χ2n) is 28.0. The van der Waals surface area contributed by atoms with E-state index >= 15 is 0 Å². The average molecular weight is 1320 g/mol. The highest BCUT2D eigenvalue weighted by atomic mass is 16.3. The van der Waals surface area contributed by atoms with Gasteiger partial charge in [-0.2, -0.15) is 5.26 Å². The zero-order valence-corrected chi connectivity index (χ0v) is 56.9. The first-order chi connectivity index (χ1) is 50.6. The van der Waals surface area contributed by atoms with E-state index in [-0.39, 0.29) is 5.41 Å². The van der Waals surface area contributed by atoms with Gasteiger partial charge in [0.25, 0.3) is 6.71 Å². The van der Waals surface area contributed by atoms with Gasteiger partial charge in [-0.3, -0.25) is 0 Å². The number of fused-ring (bicyclic) bond motifs is 10. The van der Waals surface area contributed by atoms with Crippen molar-refractivity contribution in [2.24, 2.45) is 0 Å². The number of nitriles is 1. The number of nitrogens with zero attached hydrogens (tertiary/aromatic N) is 4. The Balaban J connectivity index is 0.990. The van der Waals surface area contributed by atoms with Gasteiger partial charge in [-0.05, 0) is 162 Å².